The van der Waals surface area contributed by atoms with Gasteiger partial charge in [-0.3, -0.25) is 4.99 Å². The number of aliphatic imine (C=N–C) groups is 1. The van der Waals surface area contributed by atoms with Crippen LogP contribution in [0.4, 0.5) is 10.8 Å². The number of ether oxygens (including phenoxy) is 1. The van der Waals surface area contributed by atoms with Gasteiger partial charge in [0, 0.05) is 18.0 Å². The predicted octanol–water partition coefficient (Wildman–Crippen LogP) is 6.03. The fraction of sp³-hybridized carbons (Fsp3) is 0.391. The van der Waals surface area contributed by atoms with Crippen molar-refractivity contribution in [3.63, 3.8) is 0 Å². The van der Waals surface area contributed by atoms with Crippen LogP contribution in [0.5, 0.6) is 5.75 Å². The summed E-state index contributed by atoms with van der Waals surface area (Å²) in [6.45, 7) is 3.08. The van der Waals surface area contributed by atoms with E-state index in [4.69, 9.17) is 9.73 Å². The summed E-state index contributed by atoms with van der Waals surface area (Å²) in [6.07, 6.45) is 4.64. The maximum absolute atomic E-state index is 5.40. The van der Waals surface area contributed by atoms with Crippen LogP contribution in [0.15, 0.2) is 47.5 Å². The number of thiazole rings is 1. The summed E-state index contributed by atoms with van der Waals surface area (Å²) in [6, 6.07) is 15.1. The van der Waals surface area contributed by atoms with Crippen LogP contribution in [-0.4, -0.2) is 35.6 Å². The topological polar surface area (TPSA) is 58.5 Å². The Bertz CT molecular complexity index is 1000. The third kappa shape index (κ3) is 5.26. The molecular weight excluding hydrogens is 412 g/mol. The molecule has 2 heterocycles. The van der Waals surface area contributed by atoms with Crippen LogP contribution < -0.4 is 15.4 Å². The van der Waals surface area contributed by atoms with Gasteiger partial charge in [0.25, 0.3) is 0 Å². The zero-order valence-electron chi connectivity index (χ0n) is 17.5. The predicted molar refractivity (Wildman–Crippen MR) is 132 cm³/mol. The highest BCUT2D eigenvalue weighted by atomic mass is 32.2. The molecule has 2 N–H and O–H groups in total. The van der Waals surface area contributed by atoms with E-state index in [1.54, 1.807) is 18.4 Å². The summed E-state index contributed by atoms with van der Waals surface area (Å²) < 4.78 is 6.53. The van der Waals surface area contributed by atoms with E-state index in [1.165, 1.54) is 24.8 Å². The first-order valence-electron chi connectivity index (χ1n) is 10.5. The number of unbranched alkanes of at least 4 members (excludes halogenated alkanes) is 1. The first-order chi connectivity index (χ1) is 14.7. The number of hydrogen-bond acceptors (Lipinski definition) is 7. The number of anilines is 2. The van der Waals surface area contributed by atoms with Crippen LogP contribution in [0.2, 0.25) is 0 Å². The van der Waals surface area contributed by atoms with Gasteiger partial charge in [-0.2, -0.15) is 0 Å². The lowest BCUT2D eigenvalue weighted by Gasteiger charge is -2.07. The monoisotopic (exact) mass is 440 g/mol. The first-order valence-corrected chi connectivity index (χ1v) is 12.3. The van der Waals surface area contributed by atoms with Crippen LogP contribution in [0.25, 0.3) is 10.2 Å². The number of thioether (sulfide) groups is 1. The molecule has 0 spiro atoms. The van der Waals surface area contributed by atoms with Crippen LogP contribution in [0, 0.1) is 0 Å². The summed E-state index contributed by atoms with van der Waals surface area (Å²) in [7, 11) is 1.68. The Morgan fingerprint density at radius 1 is 1.17 bits per heavy atom. The first kappa shape index (κ1) is 21.0. The second kappa shape index (κ2) is 10.2. The highest BCUT2D eigenvalue weighted by Gasteiger charge is 2.17. The number of nitrogens with one attached hydrogen (secondary N) is 2. The Labute approximate surface area is 186 Å². The van der Waals surface area contributed by atoms with E-state index in [2.05, 4.69) is 52.9 Å². The summed E-state index contributed by atoms with van der Waals surface area (Å²) in [4.78, 5) is 9.47. The van der Waals surface area contributed by atoms with Gasteiger partial charge in [0.15, 0.2) is 10.3 Å². The van der Waals surface area contributed by atoms with Crippen molar-refractivity contribution >= 4 is 49.3 Å². The van der Waals surface area contributed by atoms with Crippen LogP contribution >= 0.6 is 23.1 Å². The van der Waals surface area contributed by atoms with Crippen molar-refractivity contribution in [2.24, 2.45) is 4.99 Å². The molecule has 1 unspecified atom stereocenters. The Balaban J connectivity index is 1.27. The average molecular weight is 441 g/mol. The number of amidine groups is 1. The molecule has 0 radical (unpaired) electrons. The van der Waals surface area contributed by atoms with Gasteiger partial charge in [-0.15, -0.1) is 0 Å². The Hall–Kier alpha value is -2.25. The van der Waals surface area contributed by atoms with Crippen LogP contribution in [0.1, 0.15) is 31.7 Å². The fourth-order valence-electron chi connectivity index (χ4n) is 3.43. The summed E-state index contributed by atoms with van der Waals surface area (Å²) in [5, 5.41) is 8.89. The van der Waals surface area contributed by atoms with Gasteiger partial charge in [-0.25, -0.2) is 4.98 Å². The molecule has 0 bridgehead atoms. The van der Waals surface area contributed by atoms with Gasteiger partial charge in [0.05, 0.1) is 17.9 Å². The number of aromatic nitrogens is 1. The number of fused-ring (bicyclic) bond motifs is 1. The molecule has 30 heavy (non-hydrogen) atoms. The van der Waals surface area contributed by atoms with Crippen LogP contribution in [0.3, 0.4) is 0 Å². The second-order valence-electron chi connectivity index (χ2n) is 7.37. The zero-order valence-corrected chi connectivity index (χ0v) is 19.1. The SMILES string of the molecule is CCCCC1CSC(Nc2ccc(CCNc3nc4c(OC)cccc4s3)cc2)=N1. The molecule has 0 fully saturated rings. The van der Waals surface area contributed by atoms with Gasteiger partial charge >= 0.3 is 0 Å². The molecule has 1 aliphatic rings. The van der Waals surface area contributed by atoms with Crippen LogP contribution in [-0.2, 0) is 6.42 Å². The molecular formula is C23H28N4OS2. The number of nitrogens with zero attached hydrogens (tertiary/aromatic N) is 2. The standard InChI is InChI=1S/C23H28N4OS2/c1-3-4-6-18-15-29-23(26-18)25-17-11-9-16(10-12-17)13-14-24-22-27-21-19(28-2)7-5-8-20(21)30-22/h5,7-12,18H,3-4,6,13-15H2,1-2H3,(H,24,27)(H,25,26). The van der Waals surface area contributed by atoms with E-state index in [0.717, 1.165) is 50.7 Å². The number of rotatable bonds is 9. The van der Waals surface area contributed by atoms with E-state index in [9.17, 15) is 0 Å². The number of benzene rings is 2. The highest BCUT2D eigenvalue weighted by molar-refractivity contribution is 8.14. The van der Waals surface area contributed by atoms with E-state index >= 15 is 0 Å². The molecule has 5 nitrogen and oxygen atoms in total. The maximum atomic E-state index is 5.40. The molecule has 4 rings (SSSR count). The quantitative estimate of drug-likeness (QED) is 0.425. The maximum Gasteiger partial charge on any atom is 0.183 e. The fourth-order valence-corrected chi connectivity index (χ4v) is 5.34. The van der Waals surface area contributed by atoms with Crippen molar-refractivity contribution < 1.29 is 4.74 Å². The lowest BCUT2D eigenvalue weighted by atomic mass is 10.1. The minimum atomic E-state index is 0.477. The highest BCUT2D eigenvalue weighted by Crippen LogP contribution is 2.32. The molecule has 0 saturated carbocycles. The van der Waals surface area contributed by atoms with E-state index in [1.807, 2.05) is 23.9 Å². The van der Waals surface area contributed by atoms with Crippen molar-refractivity contribution in [2.45, 2.75) is 38.6 Å². The third-order valence-corrected chi connectivity index (χ3v) is 7.11. The van der Waals surface area contributed by atoms with Crippen molar-refractivity contribution in [1.82, 2.24) is 4.98 Å². The summed E-state index contributed by atoms with van der Waals surface area (Å²) >= 11 is 3.49. The average Bonchev–Trinajstić information content (AvgIpc) is 3.39. The molecule has 1 aromatic heterocycles. The molecule has 0 saturated heterocycles. The van der Waals surface area contributed by atoms with E-state index < -0.39 is 0 Å². The molecule has 7 heteroatoms. The van der Waals surface area contributed by atoms with Crippen molar-refractivity contribution in [3.8, 4) is 5.75 Å². The summed E-state index contributed by atoms with van der Waals surface area (Å²) in [5.74, 6) is 1.92. The lowest BCUT2D eigenvalue weighted by molar-refractivity contribution is 0.419. The molecule has 1 atom stereocenters. The molecule has 1 aliphatic heterocycles. The molecule has 0 amide bonds. The Morgan fingerprint density at radius 3 is 2.83 bits per heavy atom. The zero-order chi connectivity index (χ0) is 20.8. The molecule has 158 valence electrons. The number of hydrogen-bond donors (Lipinski definition) is 2. The van der Waals surface area contributed by atoms with E-state index in [-0.39, 0.29) is 0 Å². The second-order valence-corrected chi connectivity index (χ2v) is 9.41. The van der Waals surface area contributed by atoms with Crippen molar-refractivity contribution in [2.75, 3.05) is 30.0 Å². The Morgan fingerprint density at radius 2 is 2.03 bits per heavy atom. The number of methoxy groups -OCH3 is 1. The lowest BCUT2D eigenvalue weighted by Crippen LogP contribution is -2.07. The molecule has 3 aromatic rings. The minimum absolute atomic E-state index is 0.477. The van der Waals surface area contributed by atoms with Crippen molar-refractivity contribution in [3.05, 3.63) is 48.0 Å². The van der Waals surface area contributed by atoms with Gasteiger partial charge in [-0.1, -0.05) is 61.1 Å². The van der Waals surface area contributed by atoms with Gasteiger partial charge in [0.2, 0.25) is 0 Å². The van der Waals surface area contributed by atoms with E-state index in [0.29, 0.717) is 6.04 Å². The normalized spacial score (nSPS) is 15.9. The molecule has 2 aromatic carbocycles. The van der Waals surface area contributed by atoms with Crippen molar-refractivity contribution in [1.29, 1.82) is 0 Å². The van der Waals surface area contributed by atoms with Gasteiger partial charge < -0.3 is 15.4 Å². The minimum Gasteiger partial charge on any atom is -0.494 e. The Kier molecular flexibility index (Phi) is 7.12. The third-order valence-electron chi connectivity index (χ3n) is 5.10. The number of para-hydroxylation sites is 1. The van der Waals surface area contributed by atoms with Gasteiger partial charge in [-0.05, 0) is 42.7 Å². The largest absolute Gasteiger partial charge is 0.494 e. The summed E-state index contributed by atoms with van der Waals surface area (Å²) in [5.41, 5.74) is 3.33. The smallest absolute Gasteiger partial charge is 0.183 e. The van der Waals surface area contributed by atoms with Gasteiger partial charge in [0.1, 0.15) is 11.3 Å². The molecule has 0 aliphatic carbocycles.